The molecule has 1 saturated carbocycles. The van der Waals surface area contributed by atoms with Crippen molar-refractivity contribution in [1.29, 1.82) is 0 Å². The largest absolute Gasteiger partial charge is 0.441 e. The van der Waals surface area contributed by atoms with Crippen molar-refractivity contribution in [1.82, 2.24) is 10.3 Å². The van der Waals surface area contributed by atoms with Crippen LogP contribution in [0.5, 0.6) is 0 Å². The Morgan fingerprint density at radius 1 is 1.35 bits per heavy atom. The molecule has 0 unspecified atom stereocenters. The van der Waals surface area contributed by atoms with Crippen LogP contribution in [-0.4, -0.2) is 16.9 Å². The zero-order valence-corrected chi connectivity index (χ0v) is 11.8. The monoisotopic (exact) mass is 272 g/mol. The maximum absolute atomic E-state index is 12.1. The highest BCUT2D eigenvalue weighted by atomic mass is 16.3. The van der Waals surface area contributed by atoms with Crippen molar-refractivity contribution in [2.75, 3.05) is 0 Å². The molecular formula is C16H20N2O2. The lowest BCUT2D eigenvalue weighted by atomic mass is 9.95. The molecule has 1 aromatic heterocycles. The molecule has 1 aliphatic carbocycles. The molecule has 106 valence electrons. The Balaban J connectivity index is 1.64. The van der Waals surface area contributed by atoms with Gasteiger partial charge in [-0.05, 0) is 30.5 Å². The van der Waals surface area contributed by atoms with E-state index >= 15 is 0 Å². The predicted octanol–water partition coefficient (Wildman–Crippen LogP) is 3.13. The number of carbonyl (C=O) groups is 1. The zero-order valence-electron chi connectivity index (χ0n) is 11.8. The van der Waals surface area contributed by atoms with Crippen LogP contribution in [0.25, 0.3) is 11.1 Å². The molecule has 4 nitrogen and oxygen atoms in total. The molecular weight excluding hydrogens is 252 g/mol. The molecule has 4 heteroatoms. The topological polar surface area (TPSA) is 55.1 Å². The molecule has 1 N–H and O–H groups in total. The van der Waals surface area contributed by atoms with Crippen LogP contribution >= 0.6 is 0 Å². The number of aryl methyl sites for hydroxylation is 1. The van der Waals surface area contributed by atoms with Crippen molar-refractivity contribution in [3.8, 4) is 0 Å². The molecule has 1 fully saturated rings. The lowest BCUT2D eigenvalue weighted by Crippen LogP contribution is -2.37. The third-order valence-corrected chi connectivity index (χ3v) is 3.89. The van der Waals surface area contributed by atoms with E-state index in [-0.39, 0.29) is 5.91 Å². The number of aromatic nitrogens is 1. The molecule has 0 atom stereocenters. The van der Waals surface area contributed by atoms with Gasteiger partial charge in [0.2, 0.25) is 5.91 Å². The Morgan fingerprint density at radius 2 is 2.15 bits per heavy atom. The van der Waals surface area contributed by atoms with Crippen LogP contribution in [0, 0.1) is 6.92 Å². The number of nitrogens with one attached hydrogen (secondary N) is 1. The van der Waals surface area contributed by atoms with Gasteiger partial charge >= 0.3 is 0 Å². The summed E-state index contributed by atoms with van der Waals surface area (Å²) in [6.45, 7) is 1.83. The Hall–Kier alpha value is -1.84. The second-order valence-electron chi connectivity index (χ2n) is 5.61. The van der Waals surface area contributed by atoms with E-state index in [9.17, 15) is 4.79 Å². The third-order valence-electron chi connectivity index (χ3n) is 3.89. The van der Waals surface area contributed by atoms with Crippen molar-refractivity contribution in [2.45, 2.75) is 51.5 Å². The van der Waals surface area contributed by atoms with Crippen LogP contribution in [0.2, 0.25) is 0 Å². The molecule has 0 aliphatic heterocycles. The molecule has 20 heavy (non-hydrogen) atoms. The molecule has 0 radical (unpaired) electrons. The summed E-state index contributed by atoms with van der Waals surface area (Å²) in [5.74, 6) is 0.760. The Bertz CT molecular complexity index is 612. The van der Waals surface area contributed by atoms with Gasteiger partial charge in [0.15, 0.2) is 11.5 Å². The van der Waals surface area contributed by atoms with Gasteiger partial charge in [0.25, 0.3) is 0 Å². The standard InChI is InChI=1S/C16H20N2O2/c1-11-17-14-8-7-12(9-15(14)20-11)10-16(19)18-13-5-3-2-4-6-13/h7-9,13H,2-6,10H2,1H3,(H,18,19). The second kappa shape index (κ2) is 5.65. The van der Waals surface area contributed by atoms with Crippen LogP contribution < -0.4 is 5.32 Å². The molecule has 1 aliphatic rings. The van der Waals surface area contributed by atoms with Crippen LogP contribution in [0.3, 0.4) is 0 Å². The van der Waals surface area contributed by atoms with Gasteiger partial charge in [0, 0.05) is 13.0 Å². The average Bonchev–Trinajstić information content (AvgIpc) is 2.79. The summed E-state index contributed by atoms with van der Waals surface area (Å²) in [6, 6.07) is 6.14. The minimum absolute atomic E-state index is 0.104. The van der Waals surface area contributed by atoms with Crippen LogP contribution in [-0.2, 0) is 11.2 Å². The van der Waals surface area contributed by atoms with Gasteiger partial charge in [-0.2, -0.15) is 0 Å². The number of fused-ring (bicyclic) bond motifs is 1. The number of carbonyl (C=O) groups excluding carboxylic acids is 1. The van der Waals surface area contributed by atoms with Gasteiger partial charge in [0.05, 0.1) is 6.42 Å². The van der Waals surface area contributed by atoms with E-state index in [0.717, 1.165) is 29.5 Å². The number of benzene rings is 1. The second-order valence-corrected chi connectivity index (χ2v) is 5.61. The fourth-order valence-electron chi connectivity index (χ4n) is 2.91. The van der Waals surface area contributed by atoms with E-state index in [1.165, 1.54) is 19.3 Å². The first-order chi connectivity index (χ1) is 9.70. The zero-order chi connectivity index (χ0) is 13.9. The normalized spacial score (nSPS) is 16.4. The number of nitrogens with zero attached hydrogens (tertiary/aromatic N) is 1. The van der Waals surface area contributed by atoms with Crippen LogP contribution in [0.1, 0.15) is 43.6 Å². The number of amides is 1. The summed E-state index contributed by atoms with van der Waals surface area (Å²) in [5.41, 5.74) is 2.58. The lowest BCUT2D eigenvalue weighted by Gasteiger charge is -2.22. The van der Waals surface area contributed by atoms with Gasteiger partial charge in [-0.15, -0.1) is 0 Å². The summed E-state index contributed by atoms with van der Waals surface area (Å²) in [6.07, 6.45) is 6.40. The quantitative estimate of drug-likeness (QED) is 0.934. The number of oxazole rings is 1. The summed E-state index contributed by atoms with van der Waals surface area (Å²) in [4.78, 5) is 16.3. The highest BCUT2D eigenvalue weighted by molar-refractivity contribution is 5.81. The summed E-state index contributed by atoms with van der Waals surface area (Å²) < 4.78 is 5.50. The minimum atomic E-state index is 0.104. The van der Waals surface area contributed by atoms with Crippen molar-refractivity contribution < 1.29 is 9.21 Å². The minimum Gasteiger partial charge on any atom is -0.441 e. The molecule has 3 rings (SSSR count). The maximum atomic E-state index is 12.1. The molecule has 0 saturated heterocycles. The van der Waals surface area contributed by atoms with Crippen LogP contribution in [0.4, 0.5) is 0 Å². The molecule has 0 spiro atoms. The van der Waals surface area contributed by atoms with Crippen molar-refractivity contribution >= 4 is 17.0 Å². The van der Waals surface area contributed by atoms with Gasteiger partial charge in [-0.3, -0.25) is 4.79 Å². The fourth-order valence-corrected chi connectivity index (χ4v) is 2.91. The van der Waals surface area contributed by atoms with Crippen molar-refractivity contribution in [2.24, 2.45) is 0 Å². The van der Waals surface area contributed by atoms with Crippen LogP contribution in [0.15, 0.2) is 22.6 Å². The van der Waals surface area contributed by atoms with Gasteiger partial charge in [-0.25, -0.2) is 4.98 Å². The smallest absolute Gasteiger partial charge is 0.224 e. The SMILES string of the molecule is Cc1nc2ccc(CC(=O)NC3CCCCC3)cc2o1. The molecule has 0 bridgehead atoms. The van der Waals surface area contributed by atoms with Crippen molar-refractivity contribution in [3.05, 3.63) is 29.7 Å². The molecule has 2 aromatic rings. The first-order valence-corrected chi connectivity index (χ1v) is 7.36. The van der Waals surface area contributed by atoms with Crippen molar-refractivity contribution in [3.63, 3.8) is 0 Å². The van der Waals surface area contributed by atoms with Gasteiger partial charge in [0.1, 0.15) is 5.52 Å². The summed E-state index contributed by atoms with van der Waals surface area (Å²) in [7, 11) is 0. The molecule has 1 amide bonds. The fraction of sp³-hybridized carbons (Fsp3) is 0.500. The average molecular weight is 272 g/mol. The van der Waals surface area contributed by atoms with E-state index in [0.29, 0.717) is 18.4 Å². The summed E-state index contributed by atoms with van der Waals surface area (Å²) >= 11 is 0. The highest BCUT2D eigenvalue weighted by Crippen LogP contribution is 2.19. The Labute approximate surface area is 118 Å². The van der Waals surface area contributed by atoms with E-state index in [1.54, 1.807) is 0 Å². The van der Waals surface area contributed by atoms with Gasteiger partial charge < -0.3 is 9.73 Å². The first-order valence-electron chi connectivity index (χ1n) is 7.36. The number of hydrogen-bond acceptors (Lipinski definition) is 3. The highest BCUT2D eigenvalue weighted by Gasteiger charge is 2.16. The predicted molar refractivity (Wildman–Crippen MR) is 77.5 cm³/mol. The van der Waals surface area contributed by atoms with E-state index in [2.05, 4.69) is 10.3 Å². The first kappa shape index (κ1) is 13.2. The van der Waals surface area contributed by atoms with E-state index in [1.807, 2.05) is 25.1 Å². The number of rotatable bonds is 3. The van der Waals surface area contributed by atoms with E-state index < -0.39 is 0 Å². The lowest BCUT2D eigenvalue weighted by molar-refractivity contribution is -0.121. The number of hydrogen-bond donors (Lipinski definition) is 1. The summed E-state index contributed by atoms with van der Waals surface area (Å²) in [5, 5.41) is 3.14. The third kappa shape index (κ3) is 3.00. The molecule has 1 heterocycles. The maximum Gasteiger partial charge on any atom is 0.224 e. The Morgan fingerprint density at radius 3 is 2.95 bits per heavy atom. The molecule has 1 aromatic carbocycles. The van der Waals surface area contributed by atoms with E-state index in [4.69, 9.17) is 4.42 Å². The van der Waals surface area contributed by atoms with Gasteiger partial charge in [-0.1, -0.05) is 25.3 Å². The Kier molecular flexibility index (Phi) is 3.72.